The summed E-state index contributed by atoms with van der Waals surface area (Å²) < 4.78 is 0. The van der Waals surface area contributed by atoms with Crippen molar-refractivity contribution in [1.82, 2.24) is 4.90 Å². The fourth-order valence-electron chi connectivity index (χ4n) is 3.48. The van der Waals surface area contributed by atoms with Crippen LogP contribution in [0.1, 0.15) is 69.8 Å². The molecule has 1 aliphatic carbocycles. The fraction of sp³-hybridized carbons (Fsp3) is 0.632. The molecule has 0 bridgehead atoms. The van der Waals surface area contributed by atoms with Crippen LogP contribution >= 0.6 is 0 Å². The second-order valence-electron chi connectivity index (χ2n) is 6.35. The number of benzene rings is 1. The van der Waals surface area contributed by atoms with E-state index in [2.05, 4.69) is 24.0 Å². The zero-order valence-corrected chi connectivity index (χ0v) is 13.6. The number of hydrogen-bond donors (Lipinski definition) is 0. The van der Waals surface area contributed by atoms with Gasteiger partial charge in [-0.15, -0.1) is 0 Å². The van der Waals surface area contributed by atoms with E-state index in [4.69, 9.17) is 0 Å². The van der Waals surface area contributed by atoms with Gasteiger partial charge in [0.25, 0.3) is 0 Å². The molecule has 0 N–H and O–H groups in total. The molecule has 1 aliphatic rings. The minimum absolute atomic E-state index is 0.0319. The summed E-state index contributed by atoms with van der Waals surface area (Å²) in [5.41, 5.74) is 1.17. The molecular formula is C19H29NO. The molecule has 0 saturated heterocycles. The van der Waals surface area contributed by atoms with Gasteiger partial charge in [-0.2, -0.15) is 0 Å². The smallest absolute Gasteiger partial charge is 0.230 e. The minimum Gasteiger partial charge on any atom is -0.342 e. The standard InChI is InChI=1S/C19H29NO/c1-3-11-18(16-12-7-6-8-13-16)19(21)20(2)17-14-9-4-5-10-15-17/h6-8,12-13,17-18H,3-5,9-11,14-15H2,1-2H3. The maximum atomic E-state index is 13.0. The van der Waals surface area contributed by atoms with E-state index in [0.29, 0.717) is 11.9 Å². The lowest BCUT2D eigenvalue weighted by atomic mass is 9.92. The average Bonchev–Trinajstić information content (AvgIpc) is 2.81. The molecule has 2 rings (SSSR count). The van der Waals surface area contributed by atoms with Crippen LogP contribution < -0.4 is 0 Å². The molecule has 1 unspecified atom stereocenters. The van der Waals surface area contributed by atoms with Crippen LogP contribution in [-0.2, 0) is 4.79 Å². The van der Waals surface area contributed by atoms with E-state index in [-0.39, 0.29) is 5.92 Å². The van der Waals surface area contributed by atoms with E-state index in [0.717, 1.165) is 12.8 Å². The lowest BCUT2D eigenvalue weighted by Gasteiger charge is -2.31. The molecule has 2 nitrogen and oxygen atoms in total. The maximum Gasteiger partial charge on any atom is 0.230 e. The van der Waals surface area contributed by atoms with Gasteiger partial charge in [-0.05, 0) is 24.8 Å². The van der Waals surface area contributed by atoms with Crippen molar-refractivity contribution >= 4 is 5.91 Å². The Morgan fingerprint density at radius 2 is 1.76 bits per heavy atom. The van der Waals surface area contributed by atoms with Crippen LogP contribution in [0.15, 0.2) is 30.3 Å². The maximum absolute atomic E-state index is 13.0. The Labute approximate surface area is 129 Å². The Morgan fingerprint density at radius 1 is 1.14 bits per heavy atom. The highest BCUT2D eigenvalue weighted by atomic mass is 16.2. The van der Waals surface area contributed by atoms with Crippen LogP contribution in [0, 0.1) is 0 Å². The number of hydrogen-bond acceptors (Lipinski definition) is 1. The highest BCUT2D eigenvalue weighted by Gasteiger charge is 2.27. The Balaban J connectivity index is 2.10. The van der Waals surface area contributed by atoms with E-state index in [1.807, 2.05) is 25.2 Å². The number of amides is 1. The molecule has 1 fully saturated rings. The van der Waals surface area contributed by atoms with E-state index < -0.39 is 0 Å². The second kappa shape index (κ2) is 8.21. The second-order valence-corrected chi connectivity index (χ2v) is 6.35. The quantitative estimate of drug-likeness (QED) is 0.716. The summed E-state index contributed by atoms with van der Waals surface area (Å²) in [6.45, 7) is 2.16. The van der Waals surface area contributed by atoms with E-state index >= 15 is 0 Å². The SMILES string of the molecule is CCCC(C(=O)N(C)C1CCCCCC1)c1ccccc1. The monoisotopic (exact) mass is 287 g/mol. The summed E-state index contributed by atoms with van der Waals surface area (Å²) >= 11 is 0. The van der Waals surface area contributed by atoms with Gasteiger partial charge in [0.15, 0.2) is 0 Å². The predicted molar refractivity (Wildman–Crippen MR) is 88.4 cm³/mol. The first-order valence-corrected chi connectivity index (χ1v) is 8.55. The fourth-order valence-corrected chi connectivity index (χ4v) is 3.48. The molecule has 116 valence electrons. The van der Waals surface area contributed by atoms with E-state index in [9.17, 15) is 4.79 Å². The number of rotatable bonds is 5. The first kappa shape index (κ1) is 16.1. The third kappa shape index (κ3) is 4.33. The Bertz CT molecular complexity index is 420. The lowest BCUT2D eigenvalue weighted by molar-refractivity contribution is -0.134. The highest BCUT2D eigenvalue weighted by molar-refractivity contribution is 5.83. The number of nitrogens with zero attached hydrogens (tertiary/aromatic N) is 1. The van der Waals surface area contributed by atoms with Crippen molar-refractivity contribution in [3.05, 3.63) is 35.9 Å². The summed E-state index contributed by atoms with van der Waals surface area (Å²) in [6.07, 6.45) is 9.54. The number of carbonyl (C=O) groups is 1. The molecular weight excluding hydrogens is 258 g/mol. The van der Waals surface area contributed by atoms with Crippen LogP contribution in [-0.4, -0.2) is 23.9 Å². The van der Waals surface area contributed by atoms with Gasteiger partial charge in [0.05, 0.1) is 5.92 Å². The zero-order valence-electron chi connectivity index (χ0n) is 13.6. The van der Waals surface area contributed by atoms with Crippen LogP contribution in [0.5, 0.6) is 0 Å². The number of carbonyl (C=O) groups excluding carboxylic acids is 1. The van der Waals surface area contributed by atoms with E-state index in [1.54, 1.807) is 0 Å². The van der Waals surface area contributed by atoms with Gasteiger partial charge in [-0.25, -0.2) is 0 Å². The molecule has 0 radical (unpaired) electrons. The lowest BCUT2D eigenvalue weighted by Crippen LogP contribution is -2.39. The third-order valence-electron chi connectivity index (χ3n) is 4.80. The van der Waals surface area contributed by atoms with Gasteiger partial charge in [0.2, 0.25) is 5.91 Å². The molecule has 2 heteroatoms. The summed E-state index contributed by atoms with van der Waals surface area (Å²) in [6, 6.07) is 10.7. The molecule has 21 heavy (non-hydrogen) atoms. The molecule has 1 atom stereocenters. The molecule has 0 aliphatic heterocycles. The first-order chi connectivity index (χ1) is 10.2. The number of likely N-dealkylation sites (N-methyl/N-ethyl adjacent to an activating group) is 1. The molecule has 0 spiro atoms. The normalized spacial score (nSPS) is 18.0. The van der Waals surface area contributed by atoms with Crippen LogP contribution in [0.4, 0.5) is 0 Å². The Hall–Kier alpha value is -1.31. The first-order valence-electron chi connectivity index (χ1n) is 8.55. The summed E-state index contributed by atoms with van der Waals surface area (Å²) in [5, 5.41) is 0. The van der Waals surface area contributed by atoms with Crippen LogP contribution in [0.2, 0.25) is 0 Å². The van der Waals surface area contributed by atoms with Gasteiger partial charge in [-0.1, -0.05) is 69.4 Å². The van der Waals surface area contributed by atoms with Crippen molar-refractivity contribution in [3.8, 4) is 0 Å². The van der Waals surface area contributed by atoms with Crippen molar-refractivity contribution in [2.75, 3.05) is 7.05 Å². The Morgan fingerprint density at radius 3 is 2.33 bits per heavy atom. The minimum atomic E-state index is 0.0319. The summed E-state index contributed by atoms with van der Waals surface area (Å²) in [7, 11) is 2.02. The zero-order chi connectivity index (χ0) is 15.1. The molecule has 1 aromatic rings. The van der Waals surface area contributed by atoms with Gasteiger partial charge in [0.1, 0.15) is 0 Å². The predicted octanol–water partition coefficient (Wildman–Crippen LogP) is 4.75. The van der Waals surface area contributed by atoms with Gasteiger partial charge in [-0.3, -0.25) is 4.79 Å². The highest BCUT2D eigenvalue weighted by Crippen LogP contribution is 2.27. The average molecular weight is 287 g/mol. The molecule has 1 saturated carbocycles. The van der Waals surface area contributed by atoms with Gasteiger partial charge in [0, 0.05) is 13.1 Å². The Kier molecular flexibility index (Phi) is 6.28. The van der Waals surface area contributed by atoms with Gasteiger partial charge < -0.3 is 4.90 Å². The van der Waals surface area contributed by atoms with E-state index in [1.165, 1.54) is 44.1 Å². The van der Waals surface area contributed by atoms with Crippen molar-refractivity contribution in [3.63, 3.8) is 0 Å². The van der Waals surface area contributed by atoms with Crippen molar-refractivity contribution in [1.29, 1.82) is 0 Å². The molecule has 1 aromatic carbocycles. The van der Waals surface area contributed by atoms with Crippen molar-refractivity contribution < 1.29 is 4.79 Å². The van der Waals surface area contributed by atoms with Gasteiger partial charge >= 0.3 is 0 Å². The summed E-state index contributed by atoms with van der Waals surface area (Å²) in [5.74, 6) is 0.347. The topological polar surface area (TPSA) is 20.3 Å². The van der Waals surface area contributed by atoms with Crippen molar-refractivity contribution in [2.24, 2.45) is 0 Å². The molecule has 1 amide bonds. The third-order valence-corrected chi connectivity index (χ3v) is 4.80. The molecule has 0 heterocycles. The van der Waals surface area contributed by atoms with Crippen LogP contribution in [0.25, 0.3) is 0 Å². The molecule has 0 aromatic heterocycles. The summed E-state index contributed by atoms with van der Waals surface area (Å²) in [4.78, 5) is 15.0. The largest absolute Gasteiger partial charge is 0.342 e. The van der Waals surface area contributed by atoms with Crippen molar-refractivity contribution in [2.45, 2.75) is 70.3 Å². The van der Waals surface area contributed by atoms with Crippen LogP contribution in [0.3, 0.4) is 0 Å².